The van der Waals surface area contributed by atoms with Crippen molar-refractivity contribution in [2.45, 2.75) is 31.7 Å². The molecule has 3 N–H and O–H groups in total. The fraction of sp³-hybridized carbons (Fsp3) is 0.273. The molecule has 0 atom stereocenters. The number of aromatic nitrogens is 4. The number of amides is 2. The van der Waals surface area contributed by atoms with E-state index < -0.39 is 11.9 Å². The maximum atomic E-state index is 12.7. The predicted octanol–water partition coefficient (Wildman–Crippen LogP) is 3.00. The number of para-hydroxylation sites is 1. The second-order valence-electron chi connectivity index (χ2n) is 7.56. The van der Waals surface area contributed by atoms with Gasteiger partial charge >= 0.3 is 5.97 Å². The van der Waals surface area contributed by atoms with Gasteiger partial charge in [-0.3, -0.25) is 9.59 Å². The Morgan fingerprint density at radius 2 is 1.82 bits per heavy atom. The third-order valence-corrected chi connectivity index (χ3v) is 5.63. The number of imidazole rings is 1. The van der Waals surface area contributed by atoms with Crippen molar-refractivity contribution in [3.8, 4) is 5.75 Å². The van der Waals surface area contributed by atoms with E-state index in [1.165, 1.54) is 18.9 Å². The zero-order valence-corrected chi connectivity index (χ0v) is 18.2. The molecule has 1 aliphatic carbocycles. The van der Waals surface area contributed by atoms with E-state index in [2.05, 4.69) is 30.6 Å². The maximum Gasteiger partial charge on any atom is 0.364 e. The molecule has 4 rings (SSSR count). The number of rotatable bonds is 6. The van der Waals surface area contributed by atoms with E-state index in [4.69, 9.17) is 16.3 Å². The van der Waals surface area contributed by atoms with Gasteiger partial charge in [0.1, 0.15) is 22.8 Å². The second kappa shape index (κ2) is 10.2. The SMILES string of the molecule is O=C(Oc1ccccc1)c1nc[nH]c1C(=O)N[C@H]1CC[C@H](C(=O)Nc2ncncc2Cl)CC1. The van der Waals surface area contributed by atoms with Crippen LogP contribution in [0.3, 0.4) is 0 Å². The molecule has 33 heavy (non-hydrogen) atoms. The lowest BCUT2D eigenvalue weighted by Gasteiger charge is -2.28. The number of ether oxygens (including phenoxy) is 1. The Kier molecular flexibility index (Phi) is 6.94. The number of nitrogens with one attached hydrogen (secondary N) is 3. The van der Waals surface area contributed by atoms with Crippen molar-refractivity contribution in [2.75, 3.05) is 5.32 Å². The van der Waals surface area contributed by atoms with Crippen molar-refractivity contribution >= 4 is 35.2 Å². The molecule has 3 aromatic rings. The zero-order chi connectivity index (χ0) is 23.2. The van der Waals surface area contributed by atoms with Crippen LogP contribution in [0.25, 0.3) is 0 Å². The molecule has 0 spiro atoms. The Morgan fingerprint density at radius 1 is 1.06 bits per heavy atom. The van der Waals surface area contributed by atoms with Crippen LogP contribution < -0.4 is 15.4 Å². The molecule has 1 aliphatic rings. The van der Waals surface area contributed by atoms with Gasteiger partial charge in [0.15, 0.2) is 11.5 Å². The molecule has 1 fully saturated rings. The van der Waals surface area contributed by atoms with Crippen molar-refractivity contribution in [3.63, 3.8) is 0 Å². The first kappa shape index (κ1) is 22.4. The van der Waals surface area contributed by atoms with Crippen molar-refractivity contribution in [2.24, 2.45) is 5.92 Å². The monoisotopic (exact) mass is 468 g/mol. The van der Waals surface area contributed by atoms with Crippen LogP contribution in [0.5, 0.6) is 5.75 Å². The molecule has 1 aromatic carbocycles. The molecular weight excluding hydrogens is 448 g/mol. The van der Waals surface area contributed by atoms with Gasteiger partial charge in [-0.15, -0.1) is 0 Å². The largest absolute Gasteiger partial charge is 0.422 e. The lowest BCUT2D eigenvalue weighted by atomic mass is 9.85. The summed E-state index contributed by atoms with van der Waals surface area (Å²) in [6, 6.07) is 8.41. The van der Waals surface area contributed by atoms with Gasteiger partial charge in [0.2, 0.25) is 5.91 Å². The summed E-state index contributed by atoms with van der Waals surface area (Å²) in [6.07, 6.45) is 6.40. The van der Waals surface area contributed by atoms with Crippen LogP contribution in [0, 0.1) is 5.92 Å². The van der Waals surface area contributed by atoms with Gasteiger partial charge in [-0.05, 0) is 37.8 Å². The number of anilines is 1. The van der Waals surface area contributed by atoms with E-state index in [-0.39, 0.29) is 40.1 Å². The first-order valence-electron chi connectivity index (χ1n) is 10.4. The lowest BCUT2D eigenvalue weighted by molar-refractivity contribution is -0.120. The van der Waals surface area contributed by atoms with Crippen molar-refractivity contribution < 1.29 is 19.1 Å². The summed E-state index contributed by atoms with van der Waals surface area (Å²) < 4.78 is 5.27. The lowest BCUT2D eigenvalue weighted by Crippen LogP contribution is -2.40. The highest BCUT2D eigenvalue weighted by atomic mass is 35.5. The number of halogens is 1. The van der Waals surface area contributed by atoms with Gasteiger partial charge in [0.25, 0.3) is 5.91 Å². The molecule has 2 heterocycles. The minimum atomic E-state index is -0.726. The molecule has 2 aromatic heterocycles. The molecule has 0 aliphatic heterocycles. The number of aromatic amines is 1. The maximum absolute atomic E-state index is 12.7. The summed E-state index contributed by atoms with van der Waals surface area (Å²) in [5.74, 6) is -0.921. The van der Waals surface area contributed by atoms with Crippen molar-refractivity contribution in [3.05, 3.63) is 65.6 Å². The fourth-order valence-corrected chi connectivity index (χ4v) is 3.80. The number of benzene rings is 1. The van der Waals surface area contributed by atoms with Gasteiger partial charge in [-0.1, -0.05) is 29.8 Å². The van der Waals surface area contributed by atoms with Crippen LogP contribution in [0.2, 0.25) is 5.02 Å². The minimum absolute atomic E-state index is 0.0363. The molecular formula is C22H21ClN6O4. The first-order chi connectivity index (χ1) is 16.0. The standard InChI is InChI=1S/C22H21ClN6O4/c23-16-10-24-11-27-19(16)29-20(30)13-6-8-14(9-7-13)28-21(31)17-18(26-12-25-17)22(32)33-15-4-2-1-3-5-15/h1-5,10-14H,6-9H2,(H,25,26)(H,28,31)(H,24,27,29,30)/t13-,14-. The quantitative estimate of drug-likeness (QED) is 0.373. The Balaban J connectivity index is 1.30. The van der Waals surface area contributed by atoms with Crippen molar-refractivity contribution in [1.29, 1.82) is 0 Å². The average Bonchev–Trinajstić information content (AvgIpc) is 3.32. The average molecular weight is 469 g/mol. The van der Waals surface area contributed by atoms with Crippen molar-refractivity contribution in [1.82, 2.24) is 25.3 Å². The molecule has 170 valence electrons. The molecule has 0 saturated heterocycles. The van der Waals surface area contributed by atoms with E-state index >= 15 is 0 Å². The van der Waals surface area contributed by atoms with Gasteiger partial charge < -0.3 is 20.4 Å². The van der Waals surface area contributed by atoms with E-state index in [1.807, 2.05) is 0 Å². The number of carbonyl (C=O) groups is 3. The molecule has 0 unspecified atom stereocenters. The van der Waals surface area contributed by atoms with E-state index in [0.29, 0.717) is 31.4 Å². The normalized spacial score (nSPS) is 17.7. The number of nitrogens with zero attached hydrogens (tertiary/aromatic N) is 3. The molecule has 0 bridgehead atoms. The summed E-state index contributed by atoms with van der Waals surface area (Å²) in [5.41, 5.74) is -0.0552. The number of hydrogen-bond acceptors (Lipinski definition) is 7. The summed E-state index contributed by atoms with van der Waals surface area (Å²) >= 11 is 5.99. The number of carbonyl (C=O) groups excluding carboxylic acids is 3. The van der Waals surface area contributed by atoms with E-state index in [1.54, 1.807) is 30.3 Å². The molecule has 1 saturated carbocycles. The van der Waals surface area contributed by atoms with Crippen LogP contribution in [0.15, 0.2) is 49.2 Å². The Hall–Kier alpha value is -3.79. The minimum Gasteiger partial charge on any atom is -0.422 e. The fourth-order valence-electron chi connectivity index (χ4n) is 3.65. The van der Waals surface area contributed by atoms with Crippen LogP contribution >= 0.6 is 11.6 Å². The topological polar surface area (TPSA) is 139 Å². The van der Waals surface area contributed by atoms with E-state index in [0.717, 1.165) is 0 Å². The zero-order valence-electron chi connectivity index (χ0n) is 17.5. The summed E-state index contributed by atoms with van der Waals surface area (Å²) in [4.78, 5) is 52.1. The molecule has 10 nitrogen and oxygen atoms in total. The summed E-state index contributed by atoms with van der Waals surface area (Å²) in [6.45, 7) is 0. The Bertz CT molecular complexity index is 1140. The van der Waals surface area contributed by atoms with Crippen LogP contribution in [0.1, 0.15) is 46.7 Å². The first-order valence-corrected chi connectivity index (χ1v) is 10.8. The number of H-pyrrole nitrogens is 1. The highest BCUT2D eigenvalue weighted by molar-refractivity contribution is 6.33. The number of esters is 1. The molecule has 11 heteroatoms. The van der Waals surface area contributed by atoms with Crippen LogP contribution in [-0.4, -0.2) is 43.8 Å². The highest BCUT2D eigenvalue weighted by Crippen LogP contribution is 2.27. The molecule has 0 radical (unpaired) electrons. The van der Waals surface area contributed by atoms with Crippen LogP contribution in [0.4, 0.5) is 5.82 Å². The van der Waals surface area contributed by atoms with Gasteiger partial charge in [0.05, 0.1) is 12.5 Å². The van der Waals surface area contributed by atoms with Gasteiger partial charge in [-0.25, -0.2) is 19.7 Å². The second-order valence-corrected chi connectivity index (χ2v) is 7.97. The molecule has 2 amide bonds. The summed E-state index contributed by atoms with van der Waals surface area (Å²) in [5, 5.41) is 5.90. The third kappa shape index (κ3) is 5.53. The third-order valence-electron chi connectivity index (χ3n) is 5.36. The number of hydrogen-bond donors (Lipinski definition) is 3. The van der Waals surface area contributed by atoms with Gasteiger partial charge in [-0.2, -0.15) is 0 Å². The Morgan fingerprint density at radius 3 is 2.55 bits per heavy atom. The smallest absolute Gasteiger partial charge is 0.364 e. The predicted molar refractivity (Wildman–Crippen MR) is 119 cm³/mol. The van der Waals surface area contributed by atoms with Crippen LogP contribution in [-0.2, 0) is 4.79 Å². The highest BCUT2D eigenvalue weighted by Gasteiger charge is 2.29. The summed E-state index contributed by atoms with van der Waals surface area (Å²) in [7, 11) is 0. The Labute approximate surface area is 194 Å². The van der Waals surface area contributed by atoms with Gasteiger partial charge in [0, 0.05) is 12.0 Å². The van der Waals surface area contributed by atoms with E-state index in [9.17, 15) is 14.4 Å².